The average molecular weight is 484 g/mol. The minimum Gasteiger partial charge on any atom is -0.493 e. The second-order valence-corrected chi connectivity index (χ2v) is 9.09. The van der Waals surface area contributed by atoms with E-state index < -0.39 is 10.0 Å². The number of nitrogens with zero attached hydrogens (tertiary/aromatic N) is 2. The summed E-state index contributed by atoms with van der Waals surface area (Å²) in [6.45, 7) is -0.304. The largest absolute Gasteiger partial charge is 0.493 e. The average Bonchev–Trinajstić information content (AvgIpc) is 3.69. The van der Waals surface area contributed by atoms with Gasteiger partial charge in [0.15, 0.2) is 17.3 Å². The number of aromatic nitrogens is 2. The minimum absolute atomic E-state index is 0.0287. The van der Waals surface area contributed by atoms with Crippen molar-refractivity contribution in [1.82, 2.24) is 9.97 Å². The standard InChI is InChI=1S/C24H25N3O6S/c1-31-19-9-5-6-10-20(19)33-21-23(25-22(18-11-12-18)26-24(21)32-15-14-28)27-34(29,30)16-13-17-7-3-2-4-8-17/h2-10,13,16,18,28H,11-12,14-15H2,1H3,(H,25,26,27). The lowest BCUT2D eigenvalue weighted by atomic mass is 10.2. The van der Waals surface area contributed by atoms with Gasteiger partial charge in [-0.3, -0.25) is 4.72 Å². The molecule has 178 valence electrons. The van der Waals surface area contributed by atoms with Gasteiger partial charge in [-0.15, -0.1) is 0 Å². The summed E-state index contributed by atoms with van der Waals surface area (Å²) in [7, 11) is -2.46. The van der Waals surface area contributed by atoms with Crippen LogP contribution in [0.3, 0.4) is 0 Å². The van der Waals surface area contributed by atoms with Crippen LogP contribution >= 0.6 is 0 Å². The third kappa shape index (κ3) is 6.03. The van der Waals surface area contributed by atoms with Crippen LogP contribution in [-0.2, 0) is 10.0 Å². The smallest absolute Gasteiger partial charge is 0.263 e. The molecule has 0 radical (unpaired) electrons. The molecule has 1 fully saturated rings. The predicted octanol–water partition coefficient (Wildman–Crippen LogP) is 3.94. The molecule has 2 aromatic carbocycles. The molecule has 0 spiro atoms. The highest BCUT2D eigenvalue weighted by Crippen LogP contribution is 2.44. The molecule has 34 heavy (non-hydrogen) atoms. The summed E-state index contributed by atoms with van der Waals surface area (Å²) in [5.74, 6) is 1.25. The Morgan fingerprint density at radius 1 is 1.06 bits per heavy atom. The molecule has 1 heterocycles. The van der Waals surface area contributed by atoms with Crippen LogP contribution in [0.2, 0.25) is 0 Å². The second-order valence-electron chi connectivity index (χ2n) is 7.52. The number of methoxy groups -OCH3 is 1. The van der Waals surface area contributed by atoms with E-state index in [4.69, 9.17) is 14.2 Å². The van der Waals surface area contributed by atoms with Crippen LogP contribution in [0.15, 0.2) is 60.0 Å². The van der Waals surface area contributed by atoms with Gasteiger partial charge in [-0.2, -0.15) is 4.98 Å². The van der Waals surface area contributed by atoms with Gasteiger partial charge < -0.3 is 19.3 Å². The van der Waals surface area contributed by atoms with Crippen molar-refractivity contribution in [3.63, 3.8) is 0 Å². The van der Waals surface area contributed by atoms with E-state index >= 15 is 0 Å². The number of aliphatic hydroxyl groups is 1. The van der Waals surface area contributed by atoms with E-state index in [9.17, 15) is 13.5 Å². The highest BCUT2D eigenvalue weighted by Gasteiger charge is 2.31. The lowest BCUT2D eigenvalue weighted by molar-refractivity contribution is 0.192. The summed E-state index contributed by atoms with van der Waals surface area (Å²) in [4.78, 5) is 8.90. The number of hydrogen-bond donors (Lipinski definition) is 2. The van der Waals surface area contributed by atoms with Crippen molar-refractivity contribution in [2.24, 2.45) is 0 Å². The van der Waals surface area contributed by atoms with Gasteiger partial charge in [-0.1, -0.05) is 42.5 Å². The zero-order valence-corrected chi connectivity index (χ0v) is 19.4. The van der Waals surface area contributed by atoms with Crippen molar-refractivity contribution < 1.29 is 27.7 Å². The van der Waals surface area contributed by atoms with E-state index in [1.165, 1.54) is 13.2 Å². The molecule has 4 rings (SSSR count). The number of ether oxygens (including phenoxy) is 3. The molecule has 1 saturated carbocycles. The Kier molecular flexibility index (Phi) is 7.29. The van der Waals surface area contributed by atoms with Crippen LogP contribution in [0.1, 0.15) is 30.1 Å². The zero-order valence-electron chi connectivity index (χ0n) is 18.5. The maximum Gasteiger partial charge on any atom is 0.263 e. The van der Waals surface area contributed by atoms with E-state index in [1.54, 1.807) is 36.4 Å². The number of para-hydroxylation sites is 2. The summed E-state index contributed by atoms with van der Waals surface area (Å²) >= 11 is 0. The molecular formula is C24H25N3O6S. The molecular weight excluding hydrogens is 458 g/mol. The van der Waals surface area contributed by atoms with Gasteiger partial charge in [-0.05, 0) is 36.6 Å². The molecule has 1 aromatic heterocycles. The summed E-state index contributed by atoms with van der Waals surface area (Å²) in [6, 6.07) is 16.0. The van der Waals surface area contributed by atoms with Crippen LogP contribution in [0.4, 0.5) is 5.82 Å². The van der Waals surface area contributed by atoms with E-state index in [0.717, 1.165) is 23.8 Å². The Morgan fingerprint density at radius 3 is 2.44 bits per heavy atom. The first-order valence-electron chi connectivity index (χ1n) is 10.7. The Labute approximate surface area is 198 Å². The maximum atomic E-state index is 12.9. The maximum absolute atomic E-state index is 12.9. The summed E-state index contributed by atoms with van der Waals surface area (Å²) in [5, 5.41) is 10.3. The number of anilines is 1. The minimum atomic E-state index is -3.96. The van der Waals surface area contributed by atoms with Crippen molar-refractivity contribution in [3.8, 4) is 23.1 Å². The van der Waals surface area contributed by atoms with Crippen LogP contribution in [0, 0.1) is 0 Å². The Hall–Kier alpha value is -3.63. The first kappa shape index (κ1) is 23.5. The number of nitrogens with one attached hydrogen (secondary N) is 1. The van der Waals surface area contributed by atoms with E-state index in [-0.39, 0.29) is 36.6 Å². The summed E-state index contributed by atoms with van der Waals surface area (Å²) in [6.07, 6.45) is 3.27. The molecule has 0 aliphatic heterocycles. The molecule has 0 atom stereocenters. The zero-order chi connectivity index (χ0) is 24.0. The van der Waals surface area contributed by atoms with E-state index in [0.29, 0.717) is 17.3 Å². The van der Waals surface area contributed by atoms with Gasteiger partial charge in [0.25, 0.3) is 15.9 Å². The third-order valence-corrected chi connectivity index (χ3v) is 5.86. The van der Waals surface area contributed by atoms with Crippen molar-refractivity contribution in [3.05, 3.63) is 71.4 Å². The fourth-order valence-electron chi connectivity index (χ4n) is 3.09. The van der Waals surface area contributed by atoms with Gasteiger partial charge in [-0.25, -0.2) is 13.4 Å². The van der Waals surface area contributed by atoms with Gasteiger partial charge in [0.05, 0.1) is 19.1 Å². The number of rotatable bonds is 11. The highest BCUT2D eigenvalue weighted by molar-refractivity contribution is 7.95. The fourth-order valence-corrected chi connectivity index (χ4v) is 3.90. The molecule has 0 amide bonds. The molecule has 9 nitrogen and oxygen atoms in total. The highest BCUT2D eigenvalue weighted by atomic mass is 32.2. The van der Waals surface area contributed by atoms with Gasteiger partial charge in [0, 0.05) is 5.92 Å². The summed E-state index contributed by atoms with van der Waals surface area (Å²) < 4.78 is 45.3. The quantitative estimate of drug-likeness (QED) is 0.421. The van der Waals surface area contributed by atoms with Crippen molar-refractivity contribution >= 4 is 21.9 Å². The van der Waals surface area contributed by atoms with Crippen molar-refractivity contribution in [2.45, 2.75) is 18.8 Å². The van der Waals surface area contributed by atoms with E-state index in [1.807, 2.05) is 18.2 Å². The number of benzene rings is 2. The third-order valence-electron chi connectivity index (χ3n) is 4.88. The molecule has 10 heteroatoms. The first-order valence-corrected chi connectivity index (χ1v) is 12.3. The number of aliphatic hydroxyl groups excluding tert-OH is 1. The van der Waals surface area contributed by atoms with Crippen LogP contribution in [-0.4, -0.2) is 43.8 Å². The lowest BCUT2D eigenvalue weighted by Gasteiger charge is -2.17. The SMILES string of the molecule is COc1ccccc1Oc1c(NS(=O)(=O)C=Cc2ccccc2)nc(C2CC2)nc1OCCO. The van der Waals surface area contributed by atoms with Crippen LogP contribution in [0.5, 0.6) is 23.1 Å². The monoisotopic (exact) mass is 483 g/mol. The number of sulfonamides is 1. The molecule has 0 saturated heterocycles. The van der Waals surface area contributed by atoms with Crippen LogP contribution < -0.4 is 18.9 Å². The topological polar surface area (TPSA) is 120 Å². The lowest BCUT2D eigenvalue weighted by Crippen LogP contribution is -2.14. The van der Waals surface area contributed by atoms with Gasteiger partial charge in [0.1, 0.15) is 12.4 Å². The molecule has 3 aromatic rings. The molecule has 0 bridgehead atoms. The predicted molar refractivity (Wildman–Crippen MR) is 128 cm³/mol. The van der Waals surface area contributed by atoms with Crippen molar-refractivity contribution in [2.75, 3.05) is 25.0 Å². The number of hydrogen-bond acceptors (Lipinski definition) is 8. The van der Waals surface area contributed by atoms with Crippen molar-refractivity contribution in [1.29, 1.82) is 0 Å². The molecule has 0 unspecified atom stereocenters. The second kappa shape index (κ2) is 10.5. The van der Waals surface area contributed by atoms with Crippen LogP contribution in [0.25, 0.3) is 6.08 Å². The molecule has 2 N–H and O–H groups in total. The fraction of sp³-hybridized carbons (Fsp3) is 0.250. The Bertz CT molecular complexity index is 1260. The Morgan fingerprint density at radius 2 is 1.76 bits per heavy atom. The first-order chi connectivity index (χ1) is 16.5. The Balaban J connectivity index is 1.74. The summed E-state index contributed by atoms with van der Waals surface area (Å²) in [5.41, 5.74) is 0.728. The van der Waals surface area contributed by atoms with E-state index in [2.05, 4.69) is 14.7 Å². The van der Waals surface area contributed by atoms with Gasteiger partial charge in [0.2, 0.25) is 5.75 Å². The molecule has 1 aliphatic carbocycles. The van der Waals surface area contributed by atoms with Gasteiger partial charge >= 0.3 is 0 Å². The normalized spacial score (nSPS) is 13.6. The molecule has 1 aliphatic rings.